The molecule has 0 aliphatic carbocycles. The highest BCUT2D eigenvalue weighted by molar-refractivity contribution is 9.10. The summed E-state index contributed by atoms with van der Waals surface area (Å²) in [6, 6.07) is 0. The van der Waals surface area contributed by atoms with Crippen LogP contribution in [0.1, 0.15) is 48.5 Å². The molecule has 3 atom stereocenters. The van der Waals surface area contributed by atoms with Gasteiger partial charge in [-0.15, -0.1) is 4.67 Å². The Labute approximate surface area is 222 Å². The Morgan fingerprint density at radius 2 is 1.43 bits per heavy atom. The van der Waals surface area contributed by atoms with Gasteiger partial charge in [-0.05, 0) is 48.5 Å². The van der Waals surface area contributed by atoms with Gasteiger partial charge in [-0.3, -0.25) is 9.59 Å². The zero-order valence-electron chi connectivity index (χ0n) is 21.0. The van der Waals surface area contributed by atoms with E-state index < -0.39 is 39.0 Å². The largest absolute Gasteiger partial charge is 0.508 e. The Kier molecular flexibility index (Phi) is 25.7. The lowest BCUT2D eigenvalue weighted by Crippen LogP contribution is -2.32. The van der Waals surface area contributed by atoms with E-state index in [1.54, 1.807) is 34.6 Å². The van der Waals surface area contributed by atoms with Crippen molar-refractivity contribution >= 4 is 69.5 Å². The molecular formula is C21H36Br2NO11+. The van der Waals surface area contributed by atoms with Gasteiger partial charge in [0.25, 0.3) is 13.4 Å². The lowest BCUT2D eigenvalue weighted by Gasteiger charge is -2.19. The summed E-state index contributed by atoms with van der Waals surface area (Å²) >= 11 is 6.10. The number of carboxylic acid groups (broad SMARTS) is 1. The number of esters is 1. The summed E-state index contributed by atoms with van der Waals surface area (Å²) in [7, 11) is 0. The zero-order valence-corrected chi connectivity index (χ0v) is 24.2. The number of nitrogens with zero attached hydrogens (tertiary/aromatic N) is 1. The first-order valence-corrected chi connectivity index (χ1v) is 11.5. The number of halogens is 2. The van der Waals surface area contributed by atoms with Crippen molar-refractivity contribution in [3.05, 3.63) is 0 Å². The fourth-order valence-corrected chi connectivity index (χ4v) is 0.968. The van der Waals surface area contributed by atoms with E-state index in [0.717, 1.165) is 6.61 Å². The van der Waals surface area contributed by atoms with Crippen LogP contribution < -0.4 is 4.67 Å². The molecule has 12 nitrogen and oxygen atoms in total. The summed E-state index contributed by atoms with van der Waals surface area (Å²) in [4.78, 5) is 48.8. The maximum Gasteiger partial charge on any atom is 0.508 e. The topological polar surface area (TPSA) is 180 Å². The highest BCUT2D eigenvalue weighted by atomic mass is 79.9. The number of epoxide rings is 1. The van der Waals surface area contributed by atoms with Crippen LogP contribution in [-0.2, 0) is 38.1 Å². The Balaban J connectivity index is -0.000000228. The second-order valence-electron chi connectivity index (χ2n) is 7.59. The monoisotopic (exact) mass is 636 g/mol. The molecule has 204 valence electrons. The Morgan fingerprint density at radius 3 is 1.66 bits per heavy atom. The maximum absolute atomic E-state index is 11.5. The molecule has 1 saturated heterocycles. The average molecular weight is 638 g/mol. The predicted octanol–water partition coefficient (Wildman–Crippen LogP) is 2.15. The molecule has 1 rings (SSSR count). The summed E-state index contributed by atoms with van der Waals surface area (Å²) in [5, 5.41) is 16.9. The third-order valence-corrected chi connectivity index (χ3v) is 3.46. The van der Waals surface area contributed by atoms with Crippen LogP contribution >= 0.6 is 31.9 Å². The number of alkyl halides is 2. The molecule has 0 aromatic heterocycles. The molecule has 0 spiro atoms. The Hall–Kier alpha value is -2.08. The van der Waals surface area contributed by atoms with Gasteiger partial charge in [0.2, 0.25) is 0 Å². The molecule has 0 amide bonds. The number of ether oxygens (including phenoxy) is 4. The number of hydrogen-bond donors (Lipinski definition) is 2. The van der Waals surface area contributed by atoms with Crippen LogP contribution in [0.2, 0.25) is 0 Å². The van der Waals surface area contributed by atoms with Gasteiger partial charge in [-0.2, -0.15) is 9.59 Å². The molecule has 1 fully saturated rings. The van der Waals surface area contributed by atoms with Gasteiger partial charge in [0.1, 0.15) is 27.5 Å². The number of carboxylic acids is 1. The van der Waals surface area contributed by atoms with Gasteiger partial charge >= 0.3 is 24.2 Å². The van der Waals surface area contributed by atoms with Crippen LogP contribution in [-0.4, -0.2) is 94.7 Å². The van der Waals surface area contributed by atoms with Crippen molar-refractivity contribution in [3.63, 3.8) is 0 Å². The summed E-state index contributed by atoms with van der Waals surface area (Å²) in [6.07, 6.45) is -1.28. The van der Waals surface area contributed by atoms with E-state index in [-0.39, 0.29) is 19.4 Å². The first-order valence-electron chi connectivity index (χ1n) is 9.92. The molecule has 0 aromatic carbocycles. The molecule has 35 heavy (non-hydrogen) atoms. The van der Waals surface area contributed by atoms with Crippen molar-refractivity contribution in [1.82, 2.24) is 4.67 Å². The number of aliphatic hydroxyl groups excluding tert-OH is 1. The SMILES string of the molecule is C=[N+]=C.CC(C)(Br)C(=O)O.CC(CO)OC(=O)OCC(C)OC(=O)C(C)(C)Br.CC1CO1.O=C=O. The molecule has 0 radical (unpaired) electrons. The maximum atomic E-state index is 11.5. The van der Waals surface area contributed by atoms with Gasteiger partial charge in [0.05, 0.1) is 19.3 Å². The van der Waals surface area contributed by atoms with Crippen LogP contribution in [0.4, 0.5) is 4.79 Å². The highest BCUT2D eigenvalue weighted by Crippen LogP contribution is 2.18. The molecule has 0 aromatic rings. The Morgan fingerprint density at radius 1 is 1.09 bits per heavy atom. The van der Waals surface area contributed by atoms with E-state index in [1.807, 2.05) is 0 Å². The minimum atomic E-state index is -0.905. The molecule has 3 unspecified atom stereocenters. The number of aliphatic hydroxyl groups is 1. The normalized spacial score (nSPS) is 14.7. The van der Waals surface area contributed by atoms with E-state index in [9.17, 15) is 14.4 Å². The number of carbonyl (C=O) groups is 3. The van der Waals surface area contributed by atoms with Crippen LogP contribution in [0, 0.1) is 0 Å². The predicted molar refractivity (Wildman–Crippen MR) is 135 cm³/mol. The standard InChI is InChI=1S/C11H19BrO6.C4H7BrO2.C3H6O.C2H4N.CO2/c1-7(5-13)18-10(15)16-6-8(2)17-9(14)11(3,4)12;1-4(2,5)3(6)7;1-3-2-4-3;1-3-2;2-1-3/h7-8,13H,5-6H2,1-4H3;1-2H3,(H,6,7);3H,2H2,1H3;1-2H2;/q;;;+1;. The summed E-state index contributed by atoms with van der Waals surface area (Å²) in [5.74, 6) is -1.29. The molecule has 1 aliphatic rings. The van der Waals surface area contributed by atoms with E-state index in [2.05, 4.69) is 61.6 Å². The van der Waals surface area contributed by atoms with Crippen LogP contribution in [0.3, 0.4) is 0 Å². The van der Waals surface area contributed by atoms with Gasteiger partial charge < -0.3 is 29.2 Å². The van der Waals surface area contributed by atoms with E-state index in [4.69, 9.17) is 34.0 Å². The van der Waals surface area contributed by atoms with E-state index >= 15 is 0 Å². The van der Waals surface area contributed by atoms with Crippen LogP contribution in [0.25, 0.3) is 0 Å². The van der Waals surface area contributed by atoms with Crippen LogP contribution in [0.15, 0.2) is 0 Å². The van der Waals surface area contributed by atoms with Crippen molar-refractivity contribution in [2.24, 2.45) is 0 Å². The van der Waals surface area contributed by atoms with Crippen molar-refractivity contribution in [2.75, 3.05) is 19.8 Å². The molecule has 1 aliphatic heterocycles. The number of hydrogen-bond acceptors (Lipinski definition) is 10. The number of carbonyl (C=O) groups excluding carboxylic acids is 4. The minimum Gasteiger partial charge on any atom is -0.480 e. The molecular weight excluding hydrogens is 602 g/mol. The quantitative estimate of drug-likeness (QED) is 0.137. The zero-order chi connectivity index (χ0) is 28.8. The third-order valence-electron chi connectivity index (χ3n) is 2.79. The van der Waals surface area contributed by atoms with Crippen LogP contribution in [0.5, 0.6) is 0 Å². The first-order chi connectivity index (χ1) is 15.8. The fraction of sp³-hybridized carbons (Fsp3) is 0.714. The summed E-state index contributed by atoms with van der Waals surface area (Å²) < 4.78 is 20.6. The first kappa shape index (κ1) is 40.1. The average Bonchev–Trinajstić information content (AvgIpc) is 3.49. The van der Waals surface area contributed by atoms with Crippen molar-refractivity contribution in [3.8, 4) is 0 Å². The Bertz CT molecular complexity index is 660. The molecule has 0 bridgehead atoms. The summed E-state index contributed by atoms with van der Waals surface area (Å²) in [6.45, 7) is 18.2. The lowest BCUT2D eigenvalue weighted by atomic mass is 10.2. The number of aliphatic carboxylic acids is 1. The van der Waals surface area contributed by atoms with Gasteiger partial charge in [0.15, 0.2) is 0 Å². The number of rotatable bonds is 7. The summed E-state index contributed by atoms with van der Waals surface area (Å²) in [5.41, 5.74) is 0. The van der Waals surface area contributed by atoms with Gasteiger partial charge in [-0.25, -0.2) is 4.79 Å². The van der Waals surface area contributed by atoms with Crippen molar-refractivity contribution < 1.29 is 53.1 Å². The lowest BCUT2D eigenvalue weighted by molar-refractivity contribution is -0.191. The second kappa shape index (κ2) is 22.4. The molecule has 0 saturated carbocycles. The second-order valence-corrected chi connectivity index (χ2v) is 11.6. The van der Waals surface area contributed by atoms with E-state index in [1.165, 1.54) is 6.92 Å². The highest BCUT2D eigenvalue weighted by Gasteiger charge is 2.27. The fourth-order valence-electron chi connectivity index (χ4n) is 0.874. The van der Waals surface area contributed by atoms with Gasteiger partial charge in [-0.1, -0.05) is 31.9 Å². The molecule has 14 heteroatoms. The van der Waals surface area contributed by atoms with Gasteiger partial charge in [0, 0.05) is 0 Å². The molecule has 2 N–H and O–H groups in total. The third kappa shape index (κ3) is 36.7. The van der Waals surface area contributed by atoms with E-state index in [0.29, 0.717) is 6.10 Å². The smallest absolute Gasteiger partial charge is 0.480 e. The molecule has 1 heterocycles. The van der Waals surface area contributed by atoms with Crippen molar-refractivity contribution in [2.45, 2.75) is 75.4 Å². The minimum absolute atomic E-state index is 0.105. The van der Waals surface area contributed by atoms with Crippen molar-refractivity contribution in [1.29, 1.82) is 0 Å².